The average Bonchev–Trinajstić information content (AvgIpc) is 2.84. The van der Waals surface area contributed by atoms with E-state index in [-0.39, 0.29) is 12.5 Å². The van der Waals surface area contributed by atoms with Gasteiger partial charge in [-0.3, -0.25) is 9.79 Å². The fraction of sp³-hybridized carbons (Fsp3) is 0.111. The fourth-order valence-electron chi connectivity index (χ4n) is 2.53. The van der Waals surface area contributed by atoms with Crippen molar-refractivity contribution in [2.24, 2.45) is 10.7 Å². The second kappa shape index (κ2) is 6.38. The van der Waals surface area contributed by atoms with Crippen molar-refractivity contribution in [1.29, 1.82) is 0 Å². The number of primary amides is 1. The number of rotatable bonds is 4. The summed E-state index contributed by atoms with van der Waals surface area (Å²) in [4.78, 5) is 15.8. The first kappa shape index (κ1) is 15.5. The zero-order valence-electron chi connectivity index (χ0n) is 12.7. The van der Waals surface area contributed by atoms with Crippen LogP contribution in [0.3, 0.4) is 0 Å². The van der Waals surface area contributed by atoms with E-state index in [0.29, 0.717) is 0 Å². The van der Waals surface area contributed by atoms with Gasteiger partial charge in [-0.1, -0.05) is 24.3 Å². The van der Waals surface area contributed by atoms with Crippen LogP contribution in [0.15, 0.2) is 58.1 Å². The number of fused-ring (bicyclic) bond motifs is 1. The van der Waals surface area contributed by atoms with Gasteiger partial charge in [-0.15, -0.1) is 0 Å². The van der Waals surface area contributed by atoms with Gasteiger partial charge in [-0.25, -0.2) is 0 Å². The molecule has 0 aliphatic rings. The number of amides is 1. The quantitative estimate of drug-likeness (QED) is 0.695. The molecule has 0 atom stereocenters. The number of carbonyl (C=O) groups is 1. The van der Waals surface area contributed by atoms with E-state index in [9.17, 15) is 4.79 Å². The van der Waals surface area contributed by atoms with Crippen LogP contribution in [0, 0.1) is 6.92 Å². The molecule has 2 aromatic carbocycles. The third kappa shape index (κ3) is 3.35. The van der Waals surface area contributed by atoms with Gasteiger partial charge in [0.05, 0.1) is 5.69 Å². The Balaban J connectivity index is 2.02. The highest BCUT2D eigenvalue weighted by atomic mass is 79.9. The van der Waals surface area contributed by atoms with E-state index < -0.39 is 0 Å². The van der Waals surface area contributed by atoms with Crippen LogP contribution in [0.2, 0.25) is 0 Å². The van der Waals surface area contributed by atoms with E-state index >= 15 is 0 Å². The summed E-state index contributed by atoms with van der Waals surface area (Å²) in [5.41, 5.74) is 9.28. The lowest BCUT2D eigenvalue weighted by Crippen LogP contribution is -2.17. The molecule has 4 nitrogen and oxygen atoms in total. The summed E-state index contributed by atoms with van der Waals surface area (Å²) < 4.78 is 2.80. The van der Waals surface area contributed by atoms with Crippen LogP contribution >= 0.6 is 15.9 Å². The van der Waals surface area contributed by atoms with E-state index in [4.69, 9.17) is 5.73 Å². The van der Waals surface area contributed by atoms with Gasteiger partial charge in [0, 0.05) is 33.4 Å². The molecule has 0 unspecified atom stereocenters. The number of carbonyl (C=O) groups excluding carboxylic acids is 1. The predicted molar refractivity (Wildman–Crippen MR) is 97.3 cm³/mol. The molecule has 0 fully saturated rings. The molecule has 0 aliphatic heterocycles. The third-order valence-corrected chi connectivity index (χ3v) is 4.23. The minimum absolute atomic E-state index is 0.155. The van der Waals surface area contributed by atoms with Crippen LogP contribution < -0.4 is 5.73 Å². The van der Waals surface area contributed by atoms with E-state index in [1.54, 1.807) is 0 Å². The van der Waals surface area contributed by atoms with Crippen LogP contribution in [-0.2, 0) is 11.3 Å². The minimum Gasteiger partial charge on any atom is -0.368 e. The molecule has 0 radical (unpaired) electrons. The van der Waals surface area contributed by atoms with Crippen LogP contribution in [-0.4, -0.2) is 16.7 Å². The van der Waals surface area contributed by atoms with Gasteiger partial charge >= 0.3 is 0 Å². The van der Waals surface area contributed by atoms with Crippen LogP contribution in [0.4, 0.5) is 5.69 Å². The summed E-state index contributed by atoms with van der Waals surface area (Å²) >= 11 is 3.53. The number of aryl methyl sites for hydroxylation is 1. The fourth-order valence-corrected chi connectivity index (χ4v) is 3.13. The SMILES string of the molecule is Cc1ccc(N=Cc2cn(CC(N)=O)c3ccccc23)c(Br)c1. The molecule has 116 valence electrons. The molecule has 3 aromatic rings. The van der Waals surface area contributed by atoms with Crippen LogP contribution in [0.1, 0.15) is 11.1 Å². The van der Waals surface area contributed by atoms with E-state index in [0.717, 1.165) is 26.6 Å². The number of hydrogen-bond acceptors (Lipinski definition) is 2. The van der Waals surface area contributed by atoms with Crippen molar-refractivity contribution in [3.05, 3.63) is 64.3 Å². The van der Waals surface area contributed by atoms with Crippen LogP contribution in [0.5, 0.6) is 0 Å². The topological polar surface area (TPSA) is 60.4 Å². The van der Waals surface area contributed by atoms with E-state index in [1.165, 1.54) is 5.56 Å². The van der Waals surface area contributed by atoms with Crippen molar-refractivity contribution in [3.8, 4) is 0 Å². The van der Waals surface area contributed by atoms with Crippen molar-refractivity contribution >= 4 is 44.6 Å². The standard InChI is InChI=1S/C18H16BrN3O/c1-12-6-7-16(15(19)8-12)21-9-13-10-22(11-18(20)23)17-5-3-2-4-14(13)17/h2-10H,11H2,1H3,(H2,20,23). The molecular formula is C18H16BrN3O. The van der Waals surface area contributed by atoms with Crippen LogP contribution in [0.25, 0.3) is 10.9 Å². The second-order valence-corrected chi connectivity index (χ2v) is 6.26. The third-order valence-electron chi connectivity index (χ3n) is 3.59. The van der Waals surface area contributed by atoms with Crippen molar-refractivity contribution in [2.75, 3.05) is 0 Å². The number of nitrogens with zero attached hydrogens (tertiary/aromatic N) is 2. The molecule has 0 aliphatic carbocycles. The van der Waals surface area contributed by atoms with Crippen molar-refractivity contribution in [3.63, 3.8) is 0 Å². The van der Waals surface area contributed by atoms with E-state index in [2.05, 4.69) is 20.9 Å². The number of nitrogens with two attached hydrogens (primary N) is 1. The molecule has 23 heavy (non-hydrogen) atoms. The Labute approximate surface area is 142 Å². The summed E-state index contributed by atoms with van der Waals surface area (Å²) in [5.74, 6) is -0.365. The summed E-state index contributed by atoms with van der Waals surface area (Å²) in [6, 6.07) is 13.9. The van der Waals surface area contributed by atoms with Crippen molar-refractivity contribution in [2.45, 2.75) is 13.5 Å². The maximum absolute atomic E-state index is 11.2. The molecule has 1 heterocycles. The molecule has 3 rings (SSSR count). The summed E-state index contributed by atoms with van der Waals surface area (Å²) in [6.45, 7) is 2.19. The number of hydrogen-bond donors (Lipinski definition) is 1. The molecule has 0 spiro atoms. The monoisotopic (exact) mass is 369 g/mol. The highest BCUT2D eigenvalue weighted by Crippen LogP contribution is 2.27. The highest BCUT2D eigenvalue weighted by Gasteiger charge is 2.08. The van der Waals surface area contributed by atoms with Gasteiger partial charge in [0.25, 0.3) is 0 Å². The Morgan fingerprint density at radius 1 is 1.30 bits per heavy atom. The number of halogens is 1. The van der Waals surface area contributed by atoms with Crippen molar-refractivity contribution in [1.82, 2.24) is 4.57 Å². The summed E-state index contributed by atoms with van der Waals surface area (Å²) in [6.07, 6.45) is 3.72. The minimum atomic E-state index is -0.365. The molecule has 5 heteroatoms. The number of benzene rings is 2. The van der Waals surface area contributed by atoms with Gasteiger partial charge in [0.15, 0.2) is 0 Å². The number of aromatic nitrogens is 1. The Morgan fingerprint density at radius 2 is 2.09 bits per heavy atom. The normalized spacial score (nSPS) is 11.4. The lowest BCUT2D eigenvalue weighted by molar-refractivity contribution is -0.118. The zero-order chi connectivity index (χ0) is 16.4. The molecule has 0 bridgehead atoms. The smallest absolute Gasteiger partial charge is 0.237 e. The van der Waals surface area contributed by atoms with Gasteiger partial charge < -0.3 is 10.3 Å². The molecular weight excluding hydrogens is 354 g/mol. The van der Waals surface area contributed by atoms with Crippen molar-refractivity contribution < 1.29 is 4.79 Å². The highest BCUT2D eigenvalue weighted by molar-refractivity contribution is 9.10. The number of para-hydroxylation sites is 1. The number of aliphatic imine (C=N–C) groups is 1. The molecule has 2 N–H and O–H groups in total. The van der Waals surface area contributed by atoms with Gasteiger partial charge in [0.1, 0.15) is 6.54 Å². The zero-order valence-corrected chi connectivity index (χ0v) is 14.2. The first-order chi connectivity index (χ1) is 11.0. The van der Waals surface area contributed by atoms with Gasteiger partial charge in [-0.05, 0) is 46.6 Å². The Hall–Kier alpha value is -2.40. The van der Waals surface area contributed by atoms with Gasteiger partial charge in [0.2, 0.25) is 5.91 Å². The first-order valence-corrected chi connectivity index (χ1v) is 8.00. The summed E-state index contributed by atoms with van der Waals surface area (Å²) in [5, 5.41) is 1.04. The largest absolute Gasteiger partial charge is 0.368 e. The average molecular weight is 370 g/mol. The van der Waals surface area contributed by atoms with Gasteiger partial charge in [-0.2, -0.15) is 0 Å². The molecule has 0 saturated heterocycles. The second-order valence-electron chi connectivity index (χ2n) is 5.41. The lowest BCUT2D eigenvalue weighted by atomic mass is 10.2. The Kier molecular flexibility index (Phi) is 4.30. The molecule has 1 aromatic heterocycles. The predicted octanol–water partition coefficient (Wildman–Crippen LogP) is 3.95. The lowest BCUT2D eigenvalue weighted by Gasteiger charge is -2.00. The summed E-state index contributed by atoms with van der Waals surface area (Å²) in [7, 11) is 0. The van der Waals surface area contributed by atoms with E-state index in [1.807, 2.05) is 66.4 Å². The molecule has 1 amide bonds. The Morgan fingerprint density at radius 3 is 2.83 bits per heavy atom. The first-order valence-electron chi connectivity index (χ1n) is 7.21. The molecule has 0 saturated carbocycles. The maximum Gasteiger partial charge on any atom is 0.237 e. The Bertz CT molecular complexity index is 912. The maximum atomic E-state index is 11.2.